The maximum atomic E-state index is 13.1. The molecule has 1 atom stereocenters. The Morgan fingerprint density at radius 3 is 2.10 bits per heavy atom. The molecule has 1 unspecified atom stereocenters. The molecule has 2 saturated heterocycles. The number of aryl methyl sites for hydroxylation is 1. The third-order valence-corrected chi connectivity index (χ3v) is 6.63. The molecule has 0 radical (unpaired) electrons. The van der Waals surface area contributed by atoms with Crippen LogP contribution in [-0.2, 0) is 15.1 Å². The fourth-order valence-electron chi connectivity index (χ4n) is 5.02. The second kappa shape index (κ2) is 8.68. The number of carbonyl (C=O) groups excluding carboxylic acids is 1. The topological polar surface area (TPSA) is 49.8 Å². The number of hydrogen-bond acceptors (Lipinski definition) is 4. The smallest absolute Gasteiger partial charge is 0.347 e. The monoisotopic (exact) mass is 393 g/mol. The molecule has 4 rings (SSSR count). The number of nitrogens with zero attached hydrogens (tertiary/aromatic N) is 1. The maximum absolute atomic E-state index is 13.1. The van der Waals surface area contributed by atoms with Gasteiger partial charge in [0.1, 0.15) is 6.61 Å². The molecular formula is C25H31NO3. The zero-order valence-corrected chi connectivity index (χ0v) is 17.2. The van der Waals surface area contributed by atoms with Crippen LogP contribution in [0.15, 0.2) is 54.6 Å². The fraction of sp³-hybridized carbons (Fsp3) is 0.480. The van der Waals surface area contributed by atoms with Gasteiger partial charge in [-0.15, -0.1) is 0 Å². The van der Waals surface area contributed by atoms with E-state index in [1.807, 2.05) is 37.3 Å². The summed E-state index contributed by atoms with van der Waals surface area (Å²) in [5.74, 6) is -0.602. The van der Waals surface area contributed by atoms with Crippen LogP contribution in [0.1, 0.15) is 55.2 Å². The summed E-state index contributed by atoms with van der Waals surface area (Å²) in [6.07, 6.45) is 7.63. The molecule has 1 N–H and O–H groups in total. The van der Waals surface area contributed by atoms with Crippen molar-refractivity contribution in [3.8, 4) is 0 Å². The SMILES string of the molecule is Cc1ccc(C(O)(C(=O)OCCN2C3CCCC2CCC3)c2ccccc2)cc1. The van der Waals surface area contributed by atoms with Gasteiger partial charge in [0, 0.05) is 18.6 Å². The lowest BCUT2D eigenvalue weighted by atomic mass is 9.84. The van der Waals surface area contributed by atoms with Gasteiger partial charge in [0.25, 0.3) is 0 Å². The van der Waals surface area contributed by atoms with E-state index in [1.54, 1.807) is 24.3 Å². The molecule has 2 aromatic carbocycles. The molecule has 154 valence electrons. The molecular weight excluding hydrogens is 362 g/mol. The minimum absolute atomic E-state index is 0.312. The van der Waals surface area contributed by atoms with Crippen LogP contribution >= 0.6 is 0 Å². The third kappa shape index (κ3) is 4.10. The van der Waals surface area contributed by atoms with E-state index < -0.39 is 11.6 Å². The van der Waals surface area contributed by atoms with Crippen molar-refractivity contribution in [2.24, 2.45) is 0 Å². The van der Waals surface area contributed by atoms with Crippen LogP contribution in [0.2, 0.25) is 0 Å². The van der Waals surface area contributed by atoms with E-state index in [4.69, 9.17) is 4.74 Å². The highest BCUT2D eigenvalue weighted by molar-refractivity contribution is 5.85. The predicted molar refractivity (Wildman–Crippen MR) is 114 cm³/mol. The molecule has 0 spiro atoms. The first kappa shape index (κ1) is 20.1. The molecule has 2 bridgehead atoms. The molecule has 29 heavy (non-hydrogen) atoms. The molecule has 0 amide bonds. The van der Waals surface area contributed by atoms with Gasteiger partial charge < -0.3 is 9.84 Å². The molecule has 4 nitrogen and oxygen atoms in total. The van der Waals surface area contributed by atoms with Crippen molar-refractivity contribution in [3.63, 3.8) is 0 Å². The van der Waals surface area contributed by atoms with E-state index >= 15 is 0 Å². The summed E-state index contributed by atoms with van der Waals surface area (Å²) >= 11 is 0. The number of fused-ring (bicyclic) bond motifs is 2. The summed E-state index contributed by atoms with van der Waals surface area (Å²) in [5.41, 5.74) is 0.346. The van der Waals surface area contributed by atoms with E-state index in [-0.39, 0.29) is 0 Å². The highest BCUT2D eigenvalue weighted by atomic mass is 16.5. The Labute approximate surface area is 173 Å². The second-order valence-electron chi connectivity index (χ2n) is 8.49. The van der Waals surface area contributed by atoms with Crippen molar-refractivity contribution in [2.75, 3.05) is 13.2 Å². The minimum atomic E-state index is -1.80. The molecule has 0 saturated carbocycles. The summed E-state index contributed by atoms with van der Waals surface area (Å²) < 4.78 is 5.68. The van der Waals surface area contributed by atoms with Crippen molar-refractivity contribution < 1.29 is 14.6 Å². The molecule has 2 aromatic rings. The maximum Gasteiger partial charge on any atom is 0.347 e. The van der Waals surface area contributed by atoms with Gasteiger partial charge in [0.15, 0.2) is 0 Å². The Hall–Kier alpha value is -2.17. The van der Waals surface area contributed by atoms with Gasteiger partial charge in [-0.05, 0) is 43.7 Å². The first-order valence-electron chi connectivity index (χ1n) is 10.9. The Morgan fingerprint density at radius 2 is 1.52 bits per heavy atom. The molecule has 0 aliphatic carbocycles. The zero-order chi connectivity index (χ0) is 20.3. The highest BCUT2D eigenvalue weighted by Gasteiger charge is 2.42. The Bertz CT molecular complexity index is 798. The van der Waals surface area contributed by atoms with E-state index in [1.165, 1.54) is 38.5 Å². The average molecular weight is 394 g/mol. The van der Waals surface area contributed by atoms with E-state index in [2.05, 4.69) is 4.90 Å². The highest BCUT2D eigenvalue weighted by Crippen LogP contribution is 2.34. The van der Waals surface area contributed by atoms with Gasteiger partial charge in [-0.3, -0.25) is 4.90 Å². The Kier molecular flexibility index (Phi) is 6.02. The van der Waals surface area contributed by atoms with Crippen LogP contribution in [-0.4, -0.2) is 41.2 Å². The molecule has 2 fully saturated rings. The van der Waals surface area contributed by atoms with Crippen molar-refractivity contribution in [3.05, 3.63) is 71.3 Å². The second-order valence-corrected chi connectivity index (χ2v) is 8.49. The van der Waals surface area contributed by atoms with Crippen LogP contribution in [0, 0.1) is 6.92 Å². The van der Waals surface area contributed by atoms with Crippen LogP contribution in [0.25, 0.3) is 0 Å². The standard InChI is InChI=1S/C25H31NO3/c1-19-13-15-21(16-14-19)25(28,20-7-3-2-4-8-20)24(27)29-18-17-26-22-9-5-10-23(26)12-6-11-22/h2-4,7-8,13-16,22-23,28H,5-6,9-12,17-18H2,1H3. The molecule has 2 aliphatic heterocycles. The van der Waals surface area contributed by atoms with Gasteiger partial charge in [-0.25, -0.2) is 4.79 Å². The van der Waals surface area contributed by atoms with E-state index in [0.717, 1.165) is 12.1 Å². The van der Waals surface area contributed by atoms with Crippen molar-refractivity contribution in [1.82, 2.24) is 4.90 Å². The fourth-order valence-corrected chi connectivity index (χ4v) is 5.02. The summed E-state index contributed by atoms with van der Waals surface area (Å²) in [7, 11) is 0. The van der Waals surface area contributed by atoms with Crippen LogP contribution in [0.5, 0.6) is 0 Å². The zero-order valence-electron chi connectivity index (χ0n) is 17.2. The van der Waals surface area contributed by atoms with E-state index in [0.29, 0.717) is 29.8 Å². The summed E-state index contributed by atoms with van der Waals surface area (Å²) in [6.45, 7) is 3.05. The number of piperidine rings is 2. The molecule has 2 heterocycles. The van der Waals surface area contributed by atoms with Crippen molar-refractivity contribution in [2.45, 2.75) is 63.1 Å². The van der Waals surface area contributed by atoms with Gasteiger partial charge in [0.2, 0.25) is 5.60 Å². The molecule has 4 heteroatoms. The number of ether oxygens (including phenoxy) is 1. The van der Waals surface area contributed by atoms with Gasteiger partial charge in [-0.1, -0.05) is 73.0 Å². The Balaban J connectivity index is 1.49. The van der Waals surface area contributed by atoms with Crippen LogP contribution in [0.4, 0.5) is 0 Å². The van der Waals surface area contributed by atoms with E-state index in [9.17, 15) is 9.90 Å². The van der Waals surface area contributed by atoms with Crippen LogP contribution < -0.4 is 0 Å². The third-order valence-electron chi connectivity index (χ3n) is 6.63. The van der Waals surface area contributed by atoms with Crippen molar-refractivity contribution in [1.29, 1.82) is 0 Å². The number of benzene rings is 2. The predicted octanol–water partition coefficient (Wildman–Crippen LogP) is 4.18. The summed E-state index contributed by atoms with van der Waals surface area (Å²) in [4.78, 5) is 15.7. The van der Waals surface area contributed by atoms with Gasteiger partial charge in [0.05, 0.1) is 0 Å². The average Bonchev–Trinajstić information content (AvgIpc) is 2.74. The number of hydrogen-bond donors (Lipinski definition) is 1. The molecule has 2 aliphatic rings. The minimum Gasteiger partial charge on any atom is -0.462 e. The first-order chi connectivity index (χ1) is 14.1. The van der Waals surface area contributed by atoms with Crippen LogP contribution in [0.3, 0.4) is 0 Å². The molecule has 0 aromatic heterocycles. The Morgan fingerprint density at radius 1 is 0.966 bits per heavy atom. The van der Waals surface area contributed by atoms with Gasteiger partial charge >= 0.3 is 5.97 Å². The van der Waals surface area contributed by atoms with Gasteiger partial charge in [-0.2, -0.15) is 0 Å². The van der Waals surface area contributed by atoms with Crippen molar-refractivity contribution >= 4 is 5.97 Å². The lowest BCUT2D eigenvalue weighted by Gasteiger charge is -2.46. The lowest BCUT2D eigenvalue weighted by Crippen LogP contribution is -2.51. The number of carbonyl (C=O) groups is 1. The normalized spacial score (nSPS) is 23.9. The number of esters is 1. The number of rotatable bonds is 6. The quantitative estimate of drug-likeness (QED) is 0.748. The summed E-state index contributed by atoms with van der Waals surface area (Å²) in [6, 6.07) is 17.8. The largest absolute Gasteiger partial charge is 0.462 e. The first-order valence-corrected chi connectivity index (χ1v) is 10.9. The number of aliphatic hydroxyl groups is 1. The summed E-state index contributed by atoms with van der Waals surface area (Å²) in [5, 5.41) is 11.5. The lowest BCUT2D eigenvalue weighted by molar-refractivity contribution is -0.163.